The van der Waals surface area contributed by atoms with Gasteiger partial charge in [-0.25, -0.2) is 0 Å². The summed E-state index contributed by atoms with van der Waals surface area (Å²) in [7, 11) is 0. The fraction of sp³-hybridized carbons (Fsp3) is 0.0870. The van der Waals surface area contributed by atoms with Crippen LogP contribution in [0.4, 0.5) is 0 Å². The minimum absolute atomic E-state index is 0.0401. The van der Waals surface area contributed by atoms with Crippen molar-refractivity contribution in [3.05, 3.63) is 104 Å². The molecule has 1 unspecified atom stereocenters. The van der Waals surface area contributed by atoms with Crippen LogP contribution in [0.25, 0.3) is 5.76 Å². The molecule has 1 amide bonds. The Kier molecular flexibility index (Phi) is 6.01. The number of amides is 1. The first-order valence-corrected chi connectivity index (χ1v) is 10.4. The molecule has 156 valence electrons. The van der Waals surface area contributed by atoms with Crippen molar-refractivity contribution in [1.82, 2.24) is 9.88 Å². The SMILES string of the molecule is O=C1C(=O)N(Cc2ccccn2)C(c2ccc(Cl)c(Cl)c2)/C1=C(/O)c1ccc(Cl)cc1. The average molecular weight is 474 g/mol. The van der Waals surface area contributed by atoms with E-state index in [0.717, 1.165) is 0 Å². The lowest BCUT2D eigenvalue weighted by Gasteiger charge is -2.25. The predicted molar refractivity (Wildman–Crippen MR) is 120 cm³/mol. The molecule has 1 saturated heterocycles. The van der Waals surface area contributed by atoms with Crippen LogP contribution in [0.3, 0.4) is 0 Å². The lowest BCUT2D eigenvalue weighted by Crippen LogP contribution is -2.29. The summed E-state index contributed by atoms with van der Waals surface area (Å²) < 4.78 is 0. The number of benzene rings is 2. The maximum atomic E-state index is 13.0. The molecular weight excluding hydrogens is 459 g/mol. The van der Waals surface area contributed by atoms with Gasteiger partial charge in [-0.2, -0.15) is 0 Å². The summed E-state index contributed by atoms with van der Waals surface area (Å²) in [5.74, 6) is -1.83. The lowest BCUT2D eigenvalue weighted by atomic mass is 9.95. The smallest absolute Gasteiger partial charge is 0.296 e. The Morgan fingerprint density at radius 1 is 0.968 bits per heavy atom. The van der Waals surface area contributed by atoms with Gasteiger partial charge in [-0.05, 0) is 54.1 Å². The number of nitrogens with zero attached hydrogens (tertiary/aromatic N) is 2. The van der Waals surface area contributed by atoms with Crippen molar-refractivity contribution in [3.8, 4) is 0 Å². The number of aromatic nitrogens is 1. The Morgan fingerprint density at radius 2 is 1.71 bits per heavy atom. The third-order valence-electron chi connectivity index (χ3n) is 4.98. The maximum Gasteiger partial charge on any atom is 0.296 e. The molecule has 1 aromatic heterocycles. The molecule has 0 bridgehead atoms. The Labute approximate surface area is 193 Å². The lowest BCUT2D eigenvalue weighted by molar-refractivity contribution is -0.140. The molecule has 1 N–H and O–H groups in total. The largest absolute Gasteiger partial charge is 0.507 e. The number of rotatable bonds is 4. The van der Waals surface area contributed by atoms with E-state index in [-0.39, 0.29) is 22.9 Å². The van der Waals surface area contributed by atoms with Gasteiger partial charge in [-0.15, -0.1) is 0 Å². The van der Waals surface area contributed by atoms with E-state index in [2.05, 4.69) is 4.98 Å². The minimum Gasteiger partial charge on any atom is -0.507 e. The van der Waals surface area contributed by atoms with Crippen molar-refractivity contribution in [2.24, 2.45) is 0 Å². The van der Waals surface area contributed by atoms with Gasteiger partial charge in [0.1, 0.15) is 5.76 Å². The van der Waals surface area contributed by atoms with Crippen molar-refractivity contribution in [1.29, 1.82) is 0 Å². The quantitative estimate of drug-likeness (QED) is 0.301. The van der Waals surface area contributed by atoms with E-state index in [1.165, 1.54) is 4.90 Å². The van der Waals surface area contributed by atoms with Crippen LogP contribution in [0.5, 0.6) is 0 Å². The third-order valence-corrected chi connectivity index (χ3v) is 5.97. The number of Topliss-reactive ketones (excluding diaryl/α,β-unsaturated/α-hetero) is 1. The van der Waals surface area contributed by atoms with Crippen LogP contribution < -0.4 is 0 Å². The summed E-state index contributed by atoms with van der Waals surface area (Å²) >= 11 is 18.2. The number of carbonyl (C=O) groups is 2. The molecule has 1 aliphatic heterocycles. The van der Waals surface area contributed by atoms with Crippen molar-refractivity contribution >= 4 is 52.3 Å². The average Bonchev–Trinajstić information content (AvgIpc) is 3.01. The summed E-state index contributed by atoms with van der Waals surface area (Å²) in [6, 6.07) is 15.6. The molecule has 1 aliphatic rings. The van der Waals surface area contributed by atoms with Gasteiger partial charge < -0.3 is 10.0 Å². The van der Waals surface area contributed by atoms with Crippen LogP contribution in [0.2, 0.25) is 15.1 Å². The van der Waals surface area contributed by atoms with Crippen molar-refractivity contribution in [2.45, 2.75) is 12.6 Å². The van der Waals surface area contributed by atoms with E-state index in [9.17, 15) is 14.7 Å². The first-order valence-electron chi connectivity index (χ1n) is 9.26. The van der Waals surface area contributed by atoms with Gasteiger partial charge in [0.25, 0.3) is 11.7 Å². The monoisotopic (exact) mass is 472 g/mol. The zero-order chi connectivity index (χ0) is 22.1. The van der Waals surface area contributed by atoms with Crippen LogP contribution in [0, 0.1) is 0 Å². The van der Waals surface area contributed by atoms with Crippen molar-refractivity contribution in [3.63, 3.8) is 0 Å². The Balaban J connectivity index is 1.88. The molecule has 5 nitrogen and oxygen atoms in total. The van der Waals surface area contributed by atoms with E-state index in [1.54, 1.807) is 66.9 Å². The van der Waals surface area contributed by atoms with Crippen LogP contribution in [-0.4, -0.2) is 26.7 Å². The highest BCUT2D eigenvalue weighted by molar-refractivity contribution is 6.46. The number of ketones is 1. The number of pyridine rings is 1. The molecular formula is C23H15Cl3N2O3. The highest BCUT2D eigenvalue weighted by atomic mass is 35.5. The van der Waals surface area contributed by atoms with E-state index in [1.807, 2.05) is 0 Å². The van der Waals surface area contributed by atoms with Gasteiger partial charge in [0.2, 0.25) is 0 Å². The van der Waals surface area contributed by atoms with Gasteiger partial charge in [-0.1, -0.05) is 46.9 Å². The molecule has 0 spiro atoms. The standard InChI is InChI=1S/C23H15Cl3N2O3/c24-15-7-4-13(5-8-15)21(29)19-20(14-6-9-17(25)18(26)11-14)28(23(31)22(19)30)12-16-3-1-2-10-27-16/h1-11,20,29H,12H2/b21-19-. The second-order valence-corrected chi connectivity index (χ2v) is 8.18. The van der Waals surface area contributed by atoms with Crippen LogP contribution in [0.1, 0.15) is 22.9 Å². The third kappa shape index (κ3) is 4.17. The molecule has 1 atom stereocenters. The molecule has 8 heteroatoms. The topological polar surface area (TPSA) is 70.5 Å². The summed E-state index contributed by atoms with van der Waals surface area (Å²) in [6.45, 7) is 0.0771. The van der Waals surface area contributed by atoms with Crippen LogP contribution >= 0.6 is 34.8 Å². The van der Waals surface area contributed by atoms with Gasteiger partial charge in [0.15, 0.2) is 0 Å². The van der Waals surface area contributed by atoms with Gasteiger partial charge in [-0.3, -0.25) is 14.6 Å². The summed E-state index contributed by atoms with van der Waals surface area (Å²) in [6.07, 6.45) is 1.60. The van der Waals surface area contributed by atoms with Crippen LogP contribution in [0.15, 0.2) is 72.4 Å². The van der Waals surface area contributed by atoms with Crippen molar-refractivity contribution < 1.29 is 14.7 Å². The van der Waals surface area contributed by atoms with Gasteiger partial charge in [0, 0.05) is 16.8 Å². The fourth-order valence-electron chi connectivity index (χ4n) is 3.50. The number of hydrogen-bond acceptors (Lipinski definition) is 4. The number of likely N-dealkylation sites (tertiary alicyclic amines) is 1. The highest BCUT2D eigenvalue weighted by Crippen LogP contribution is 2.41. The number of halogens is 3. The zero-order valence-corrected chi connectivity index (χ0v) is 18.2. The highest BCUT2D eigenvalue weighted by Gasteiger charge is 2.46. The molecule has 4 rings (SSSR count). The summed E-state index contributed by atoms with van der Waals surface area (Å²) in [5.41, 5.74) is 1.47. The number of aliphatic hydroxyl groups is 1. The predicted octanol–water partition coefficient (Wildman–Crippen LogP) is 5.66. The first kappa shape index (κ1) is 21.4. The van der Waals surface area contributed by atoms with E-state index in [0.29, 0.717) is 26.9 Å². The normalized spacial score (nSPS) is 17.9. The van der Waals surface area contributed by atoms with Crippen molar-refractivity contribution in [2.75, 3.05) is 0 Å². The van der Waals surface area contributed by atoms with E-state index >= 15 is 0 Å². The number of aliphatic hydroxyl groups excluding tert-OH is 1. The van der Waals surface area contributed by atoms with Crippen LogP contribution in [-0.2, 0) is 16.1 Å². The molecule has 0 aliphatic carbocycles. The zero-order valence-electron chi connectivity index (χ0n) is 15.9. The molecule has 2 heterocycles. The number of hydrogen-bond donors (Lipinski definition) is 1. The molecule has 1 fully saturated rings. The Morgan fingerprint density at radius 3 is 2.35 bits per heavy atom. The second kappa shape index (κ2) is 8.71. The summed E-state index contributed by atoms with van der Waals surface area (Å²) in [4.78, 5) is 31.6. The van der Waals surface area contributed by atoms with Gasteiger partial charge >= 0.3 is 0 Å². The number of carbonyl (C=O) groups excluding carboxylic acids is 2. The summed E-state index contributed by atoms with van der Waals surface area (Å²) in [5, 5.41) is 12.1. The Hall–Kier alpha value is -2.86. The fourth-order valence-corrected chi connectivity index (χ4v) is 3.93. The molecule has 2 aromatic carbocycles. The van der Waals surface area contributed by atoms with Gasteiger partial charge in [0.05, 0.1) is 33.9 Å². The molecule has 31 heavy (non-hydrogen) atoms. The van der Waals surface area contributed by atoms with E-state index in [4.69, 9.17) is 34.8 Å². The first-order chi connectivity index (χ1) is 14.9. The second-order valence-electron chi connectivity index (χ2n) is 6.93. The maximum absolute atomic E-state index is 13.0. The minimum atomic E-state index is -0.868. The molecule has 0 radical (unpaired) electrons. The Bertz CT molecular complexity index is 1190. The molecule has 3 aromatic rings. The van der Waals surface area contributed by atoms with E-state index < -0.39 is 17.7 Å². The molecule has 0 saturated carbocycles.